The van der Waals surface area contributed by atoms with Gasteiger partial charge in [0.15, 0.2) is 0 Å². The molecule has 4 amide bonds. The molecule has 26 heavy (non-hydrogen) atoms. The Balaban J connectivity index is 2.00. The van der Waals surface area contributed by atoms with Crippen molar-refractivity contribution >= 4 is 29.4 Å². The second-order valence-electron chi connectivity index (χ2n) is 7.45. The van der Waals surface area contributed by atoms with Gasteiger partial charge in [0.25, 0.3) is 0 Å². The number of amides is 4. The number of carbonyl (C=O) groups is 5. The molecule has 1 aliphatic carbocycles. The summed E-state index contributed by atoms with van der Waals surface area (Å²) < 4.78 is 0. The van der Waals surface area contributed by atoms with Crippen molar-refractivity contribution in [3.05, 3.63) is 0 Å². The first kappa shape index (κ1) is 20.1. The van der Waals surface area contributed by atoms with Crippen molar-refractivity contribution < 1.29 is 24.0 Å². The fourth-order valence-electron chi connectivity index (χ4n) is 3.37. The summed E-state index contributed by atoms with van der Waals surface area (Å²) in [6.07, 6.45) is 5.00. The number of nitrogens with one attached hydrogen (secondary N) is 2. The summed E-state index contributed by atoms with van der Waals surface area (Å²) in [5, 5.41) is 3.30. The van der Waals surface area contributed by atoms with Crippen LogP contribution in [0.15, 0.2) is 0 Å². The smallest absolute Gasteiger partial charge is 0.308 e. The molecule has 0 bridgehead atoms. The van der Waals surface area contributed by atoms with Crippen molar-refractivity contribution in [2.75, 3.05) is 0 Å². The zero-order chi connectivity index (χ0) is 19.3. The van der Waals surface area contributed by atoms with E-state index in [2.05, 4.69) is 10.7 Å². The van der Waals surface area contributed by atoms with Gasteiger partial charge in [0.2, 0.25) is 23.5 Å². The maximum Gasteiger partial charge on any atom is 0.308 e. The van der Waals surface area contributed by atoms with Gasteiger partial charge in [-0.3, -0.25) is 29.4 Å². The number of nitrogens with zero attached hydrogens (tertiary/aromatic N) is 1. The first-order chi connectivity index (χ1) is 12.3. The summed E-state index contributed by atoms with van der Waals surface area (Å²) in [4.78, 5) is 60.4. The van der Waals surface area contributed by atoms with Crippen molar-refractivity contribution in [1.29, 1.82) is 0 Å². The highest BCUT2D eigenvalue weighted by Crippen LogP contribution is 2.24. The fourth-order valence-corrected chi connectivity index (χ4v) is 3.37. The predicted octanol–water partition coefficient (Wildman–Crippen LogP) is 0.847. The van der Waals surface area contributed by atoms with Crippen LogP contribution in [0, 0.1) is 11.8 Å². The predicted molar refractivity (Wildman–Crippen MR) is 92.2 cm³/mol. The van der Waals surface area contributed by atoms with Gasteiger partial charge in [-0.1, -0.05) is 33.1 Å². The average molecular weight is 365 g/mol. The first-order valence-corrected chi connectivity index (χ1v) is 9.30. The van der Waals surface area contributed by atoms with Gasteiger partial charge in [-0.2, -0.15) is 5.01 Å². The van der Waals surface area contributed by atoms with Crippen LogP contribution in [-0.4, -0.2) is 40.5 Å². The number of ketones is 1. The van der Waals surface area contributed by atoms with Crippen LogP contribution in [0.25, 0.3) is 0 Å². The summed E-state index contributed by atoms with van der Waals surface area (Å²) in [5.41, 5.74) is 2.08. The molecule has 1 saturated heterocycles. The molecule has 0 aromatic heterocycles. The Labute approximate surface area is 153 Å². The number of hydrogen-bond acceptors (Lipinski definition) is 5. The van der Waals surface area contributed by atoms with E-state index in [1.54, 1.807) is 0 Å². The van der Waals surface area contributed by atoms with E-state index in [0.717, 1.165) is 32.1 Å². The van der Waals surface area contributed by atoms with Crippen LogP contribution in [-0.2, 0) is 24.0 Å². The monoisotopic (exact) mass is 365 g/mol. The quantitative estimate of drug-likeness (QED) is 0.513. The standard InChI is InChI=1S/C18H27N3O5/c1-11(2)10-13(19-17(25)12-6-4-3-5-7-12)16(24)18(26)20-21-14(22)8-9-15(21)23/h11-13H,3-10H2,1-2H3,(H,19,25)(H,20,26). The molecule has 1 heterocycles. The molecule has 0 aromatic rings. The normalized spacial score (nSPS) is 19.6. The zero-order valence-electron chi connectivity index (χ0n) is 15.4. The Morgan fingerprint density at radius 3 is 2.15 bits per heavy atom. The van der Waals surface area contributed by atoms with Crippen LogP contribution in [0.4, 0.5) is 0 Å². The van der Waals surface area contributed by atoms with E-state index in [4.69, 9.17) is 0 Å². The lowest BCUT2D eigenvalue weighted by Gasteiger charge is -2.25. The Hall–Kier alpha value is -2.25. The largest absolute Gasteiger partial charge is 0.345 e. The van der Waals surface area contributed by atoms with Crippen molar-refractivity contribution in [1.82, 2.24) is 15.8 Å². The van der Waals surface area contributed by atoms with E-state index in [-0.39, 0.29) is 30.6 Å². The van der Waals surface area contributed by atoms with Crippen LogP contribution < -0.4 is 10.7 Å². The second kappa shape index (κ2) is 8.91. The van der Waals surface area contributed by atoms with E-state index in [9.17, 15) is 24.0 Å². The van der Waals surface area contributed by atoms with E-state index in [0.29, 0.717) is 11.4 Å². The summed E-state index contributed by atoms with van der Waals surface area (Å²) in [6.45, 7) is 3.77. The number of hydrogen-bond donors (Lipinski definition) is 2. The average Bonchev–Trinajstić information content (AvgIpc) is 2.92. The van der Waals surface area contributed by atoms with Crippen LogP contribution >= 0.6 is 0 Å². The molecule has 1 atom stereocenters. The number of rotatable bonds is 7. The minimum Gasteiger partial charge on any atom is -0.345 e. The molecular weight excluding hydrogens is 338 g/mol. The molecular formula is C18H27N3O5. The number of hydrazine groups is 1. The summed E-state index contributed by atoms with van der Waals surface area (Å²) in [6, 6.07) is -0.961. The van der Waals surface area contributed by atoms with E-state index < -0.39 is 29.5 Å². The lowest BCUT2D eigenvalue weighted by atomic mass is 9.88. The van der Waals surface area contributed by atoms with E-state index >= 15 is 0 Å². The summed E-state index contributed by atoms with van der Waals surface area (Å²) in [7, 11) is 0. The minimum absolute atomic E-state index is 0.0150. The molecule has 0 aromatic carbocycles. The van der Waals surface area contributed by atoms with Crippen LogP contribution in [0.2, 0.25) is 0 Å². The molecule has 8 nitrogen and oxygen atoms in total. The van der Waals surface area contributed by atoms with Gasteiger partial charge >= 0.3 is 5.91 Å². The van der Waals surface area contributed by atoms with E-state index in [1.165, 1.54) is 0 Å². The van der Waals surface area contributed by atoms with Gasteiger partial charge in [-0.25, -0.2) is 0 Å². The molecule has 0 spiro atoms. The Morgan fingerprint density at radius 1 is 1.04 bits per heavy atom. The van der Waals surface area contributed by atoms with Crippen molar-refractivity contribution in [3.63, 3.8) is 0 Å². The Bertz CT molecular complexity index is 580. The minimum atomic E-state index is -1.05. The van der Waals surface area contributed by atoms with Gasteiger partial charge in [0.05, 0.1) is 6.04 Å². The third-order valence-corrected chi connectivity index (χ3v) is 4.80. The summed E-state index contributed by atoms with van der Waals surface area (Å²) >= 11 is 0. The molecule has 2 N–H and O–H groups in total. The number of carbonyl (C=O) groups excluding carboxylic acids is 5. The zero-order valence-corrected chi connectivity index (χ0v) is 15.4. The molecule has 2 rings (SSSR count). The van der Waals surface area contributed by atoms with Crippen LogP contribution in [0.3, 0.4) is 0 Å². The lowest BCUT2D eigenvalue weighted by Crippen LogP contribution is -2.54. The third-order valence-electron chi connectivity index (χ3n) is 4.80. The molecule has 1 unspecified atom stereocenters. The molecule has 1 aliphatic heterocycles. The maximum atomic E-state index is 12.5. The van der Waals surface area contributed by atoms with Crippen molar-refractivity contribution in [3.8, 4) is 0 Å². The molecule has 8 heteroatoms. The number of Topliss-reactive ketones (excluding diaryl/α,β-unsaturated/α-hetero) is 1. The van der Waals surface area contributed by atoms with Gasteiger partial charge in [0, 0.05) is 18.8 Å². The van der Waals surface area contributed by atoms with Crippen LogP contribution in [0.5, 0.6) is 0 Å². The molecule has 2 fully saturated rings. The third kappa shape index (κ3) is 5.12. The van der Waals surface area contributed by atoms with Crippen molar-refractivity contribution in [2.45, 2.75) is 71.3 Å². The molecule has 0 radical (unpaired) electrons. The van der Waals surface area contributed by atoms with Crippen molar-refractivity contribution in [2.24, 2.45) is 11.8 Å². The van der Waals surface area contributed by atoms with Gasteiger partial charge in [-0.05, 0) is 25.2 Å². The second-order valence-corrected chi connectivity index (χ2v) is 7.45. The van der Waals surface area contributed by atoms with Gasteiger partial charge in [0.1, 0.15) is 0 Å². The lowest BCUT2D eigenvalue weighted by molar-refractivity contribution is -0.151. The summed E-state index contributed by atoms with van der Waals surface area (Å²) in [5.74, 6) is -3.22. The highest BCUT2D eigenvalue weighted by molar-refractivity contribution is 6.38. The Morgan fingerprint density at radius 2 is 1.62 bits per heavy atom. The van der Waals surface area contributed by atoms with Gasteiger partial charge in [-0.15, -0.1) is 0 Å². The highest BCUT2D eigenvalue weighted by atomic mass is 16.2. The molecule has 144 valence electrons. The highest BCUT2D eigenvalue weighted by Gasteiger charge is 2.35. The topological polar surface area (TPSA) is 113 Å². The first-order valence-electron chi connectivity index (χ1n) is 9.30. The van der Waals surface area contributed by atoms with E-state index in [1.807, 2.05) is 13.8 Å². The SMILES string of the molecule is CC(C)CC(NC(=O)C1CCCCC1)C(=O)C(=O)NN1C(=O)CCC1=O. The maximum absolute atomic E-state index is 12.5. The Kier molecular flexibility index (Phi) is 6.88. The van der Waals surface area contributed by atoms with Gasteiger partial charge < -0.3 is 5.32 Å². The molecule has 2 aliphatic rings. The number of imide groups is 1. The van der Waals surface area contributed by atoms with Crippen LogP contribution in [0.1, 0.15) is 65.2 Å². The fraction of sp³-hybridized carbons (Fsp3) is 0.722. The molecule has 1 saturated carbocycles.